The summed E-state index contributed by atoms with van der Waals surface area (Å²) in [5.41, 5.74) is 0. The highest BCUT2D eigenvalue weighted by Crippen LogP contribution is 1.90. The minimum absolute atomic E-state index is 0.748. The third-order valence-corrected chi connectivity index (χ3v) is 2.41. The van der Waals surface area contributed by atoms with Crippen LogP contribution in [0.15, 0.2) is 0 Å². The van der Waals surface area contributed by atoms with Crippen LogP contribution in [0.5, 0.6) is 0 Å². The molecule has 0 aromatic rings. The van der Waals surface area contributed by atoms with E-state index in [0.29, 0.717) is 0 Å². The van der Waals surface area contributed by atoms with Gasteiger partial charge < -0.3 is 0 Å². The lowest BCUT2D eigenvalue weighted by molar-refractivity contribution is 0.828. The number of hydrogen-bond acceptors (Lipinski definition) is 0. The van der Waals surface area contributed by atoms with Crippen LogP contribution in [0.4, 0.5) is 0 Å². The fraction of sp³-hybridized carbons (Fsp3) is 0.652. The molecule has 0 heterocycles. The summed E-state index contributed by atoms with van der Waals surface area (Å²) in [4.78, 5) is 0. The predicted octanol–water partition coefficient (Wildman–Crippen LogP) is 6.60. The molecule has 0 atom stereocenters. The zero-order valence-electron chi connectivity index (χ0n) is 16.1. The highest BCUT2D eigenvalue weighted by Gasteiger charge is 1.74. The van der Waals surface area contributed by atoms with Gasteiger partial charge in [0.1, 0.15) is 0 Å². The van der Waals surface area contributed by atoms with Crippen molar-refractivity contribution in [3.05, 3.63) is 0 Å². The molecule has 0 aromatic carbocycles. The van der Waals surface area contributed by atoms with E-state index in [9.17, 15) is 0 Å². The number of unbranched alkanes of at least 4 members (excludes halogenated alkanes) is 4. The summed E-state index contributed by atoms with van der Waals surface area (Å²) in [7, 11) is 0. The zero-order chi connectivity index (χ0) is 18.0. The van der Waals surface area contributed by atoms with Gasteiger partial charge in [0.2, 0.25) is 0 Å². The Hall–Kier alpha value is -1.76. The maximum absolute atomic E-state index is 4.96. The molecule has 0 aliphatic rings. The van der Waals surface area contributed by atoms with Crippen LogP contribution < -0.4 is 0 Å². The minimum Gasteiger partial charge on any atom is -0.120 e. The van der Waals surface area contributed by atoms with Gasteiger partial charge in [0, 0.05) is 32.1 Å². The molecule has 0 N–H and O–H groups in total. The standard InChI is InChI=1S/C11H16.2C6H10/c1-3-5-7-9-11-10-8-6-4-2;2*1-3-5-6-4-2/h3-5,7,10H2,1-2H3;3-4H2,1-2H3;1H,4-6H2,2H3. The Morgan fingerprint density at radius 1 is 0.565 bits per heavy atom. The largest absolute Gasteiger partial charge is 0.120 e. The SMILES string of the molecule is C#CCCCC.CCC#CCC.CCC#CCC#CCCCC. The van der Waals surface area contributed by atoms with E-state index in [1.165, 1.54) is 25.7 Å². The van der Waals surface area contributed by atoms with Crippen molar-refractivity contribution in [2.45, 2.75) is 98.8 Å². The second-order valence-corrected chi connectivity index (χ2v) is 4.71. The molecule has 23 heavy (non-hydrogen) atoms. The van der Waals surface area contributed by atoms with Crippen molar-refractivity contribution >= 4 is 0 Å². The third kappa shape index (κ3) is 44.9. The molecule has 0 spiro atoms. The molecule has 0 amide bonds. The van der Waals surface area contributed by atoms with Crippen LogP contribution in [0.25, 0.3) is 0 Å². The smallest absolute Gasteiger partial charge is 0.0702 e. The summed E-state index contributed by atoms with van der Waals surface area (Å²) in [5.74, 6) is 20.6. The average molecular weight is 313 g/mol. The summed E-state index contributed by atoms with van der Waals surface area (Å²) in [6.07, 6.45) is 15.5. The Balaban J connectivity index is -0.000000284. The van der Waals surface area contributed by atoms with Gasteiger partial charge in [-0.2, -0.15) is 0 Å². The maximum Gasteiger partial charge on any atom is 0.0702 e. The van der Waals surface area contributed by atoms with Crippen molar-refractivity contribution in [2.75, 3.05) is 0 Å². The molecular weight excluding hydrogens is 276 g/mol. The maximum atomic E-state index is 4.96. The van der Waals surface area contributed by atoms with Gasteiger partial charge in [-0.25, -0.2) is 0 Å². The van der Waals surface area contributed by atoms with Crippen molar-refractivity contribution in [3.8, 4) is 47.9 Å². The van der Waals surface area contributed by atoms with Crippen molar-refractivity contribution in [1.29, 1.82) is 0 Å². The van der Waals surface area contributed by atoms with Crippen LogP contribution in [-0.4, -0.2) is 0 Å². The van der Waals surface area contributed by atoms with E-state index in [0.717, 1.165) is 38.5 Å². The molecule has 0 fully saturated rings. The Morgan fingerprint density at radius 2 is 1.00 bits per heavy atom. The van der Waals surface area contributed by atoms with Gasteiger partial charge in [-0.15, -0.1) is 36.0 Å². The van der Waals surface area contributed by atoms with Crippen LogP contribution in [0.1, 0.15) is 98.8 Å². The minimum atomic E-state index is 0.748. The van der Waals surface area contributed by atoms with E-state index in [4.69, 9.17) is 6.42 Å². The normalized spacial score (nSPS) is 7.13. The first-order chi connectivity index (χ1) is 11.2. The van der Waals surface area contributed by atoms with Crippen LogP contribution in [0.2, 0.25) is 0 Å². The van der Waals surface area contributed by atoms with Gasteiger partial charge in [0.05, 0.1) is 6.42 Å². The molecule has 0 radical (unpaired) electrons. The van der Waals surface area contributed by atoms with Crippen LogP contribution in [0, 0.1) is 47.9 Å². The van der Waals surface area contributed by atoms with E-state index in [2.05, 4.69) is 76.1 Å². The van der Waals surface area contributed by atoms with Gasteiger partial charge in [-0.05, 0) is 12.8 Å². The molecule has 0 bridgehead atoms. The quantitative estimate of drug-likeness (QED) is 0.405. The van der Waals surface area contributed by atoms with Gasteiger partial charge >= 0.3 is 0 Å². The topological polar surface area (TPSA) is 0 Å². The number of hydrogen-bond donors (Lipinski definition) is 0. The van der Waals surface area contributed by atoms with Crippen LogP contribution in [-0.2, 0) is 0 Å². The molecule has 0 heteroatoms. The molecule has 0 rings (SSSR count). The number of terminal acetylenes is 1. The molecule has 0 unspecified atom stereocenters. The average Bonchev–Trinajstić information content (AvgIpc) is 2.58. The lowest BCUT2D eigenvalue weighted by atomic mass is 10.2. The molecule has 0 nitrogen and oxygen atoms in total. The fourth-order valence-corrected chi connectivity index (χ4v) is 1.18. The molecule has 0 aliphatic heterocycles. The first kappa shape index (κ1) is 26.2. The Kier molecular flexibility index (Phi) is 36.7. The van der Waals surface area contributed by atoms with Gasteiger partial charge in [0.25, 0.3) is 0 Å². The van der Waals surface area contributed by atoms with Crippen LogP contribution in [0.3, 0.4) is 0 Å². The lowest BCUT2D eigenvalue weighted by Gasteiger charge is -1.82. The lowest BCUT2D eigenvalue weighted by Crippen LogP contribution is -1.67. The van der Waals surface area contributed by atoms with E-state index < -0.39 is 0 Å². The molecule has 0 saturated carbocycles. The van der Waals surface area contributed by atoms with Gasteiger partial charge in [-0.3, -0.25) is 0 Å². The van der Waals surface area contributed by atoms with Gasteiger partial charge in [0.15, 0.2) is 0 Å². The molecule has 0 saturated heterocycles. The van der Waals surface area contributed by atoms with E-state index in [1.54, 1.807) is 0 Å². The van der Waals surface area contributed by atoms with Crippen molar-refractivity contribution in [1.82, 2.24) is 0 Å². The van der Waals surface area contributed by atoms with E-state index >= 15 is 0 Å². The molecule has 0 aromatic heterocycles. The first-order valence-corrected chi connectivity index (χ1v) is 9.05. The number of rotatable bonds is 4. The van der Waals surface area contributed by atoms with Gasteiger partial charge in [-0.1, -0.05) is 59.3 Å². The predicted molar refractivity (Wildman–Crippen MR) is 107 cm³/mol. The summed E-state index contributed by atoms with van der Waals surface area (Å²) >= 11 is 0. The Labute approximate surface area is 147 Å². The highest BCUT2D eigenvalue weighted by molar-refractivity contribution is 5.11. The summed E-state index contributed by atoms with van der Waals surface area (Å²) < 4.78 is 0. The molecule has 0 aliphatic carbocycles. The summed E-state index contributed by atoms with van der Waals surface area (Å²) in [6, 6.07) is 0. The van der Waals surface area contributed by atoms with Crippen molar-refractivity contribution in [3.63, 3.8) is 0 Å². The second kappa shape index (κ2) is 32.3. The second-order valence-electron chi connectivity index (χ2n) is 4.71. The van der Waals surface area contributed by atoms with E-state index in [-0.39, 0.29) is 0 Å². The summed E-state index contributed by atoms with van der Waals surface area (Å²) in [6.45, 7) is 10.5. The van der Waals surface area contributed by atoms with Crippen molar-refractivity contribution < 1.29 is 0 Å². The monoisotopic (exact) mass is 312 g/mol. The third-order valence-electron chi connectivity index (χ3n) is 2.41. The first-order valence-electron chi connectivity index (χ1n) is 9.05. The summed E-state index contributed by atoms with van der Waals surface area (Å²) in [5, 5.41) is 0. The Bertz CT molecular complexity index is 406. The molecule has 128 valence electrons. The van der Waals surface area contributed by atoms with Crippen molar-refractivity contribution in [2.24, 2.45) is 0 Å². The highest BCUT2D eigenvalue weighted by atomic mass is 13.8. The zero-order valence-corrected chi connectivity index (χ0v) is 16.1. The Morgan fingerprint density at radius 3 is 1.39 bits per heavy atom. The fourth-order valence-electron chi connectivity index (χ4n) is 1.18. The molecular formula is C23H36. The van der Waals surface area contributed by atoms with Crippen LogP contribution >= 0.6 is 0 Å². The van der Waals surface area contributed by atoms with E-state index in [1.807, 2.05) is 0 Å².